The van der Waals surface area contributed by atoms with E-state index >= 15 is 0 Å². The van der Waals surface area contributed by atoms with Crippen LogP contribution in [0.2, 0.25) is 0 Å². The Hall–Kier alpha value is -2.43. The van der Waals surface area contributed by atoms with Crippen molar-refractivity contribution >= 4 is 11.9 Å². The molecule has 1 aliphatic heterocycles. The van der Waals surface area contributed by atoms with Gasteiger partial charge < -0.3 is 9.64 Å². The van der Waals surface area contributed by atoms with Crippen LogP contribution in [0.5, 0.6) is 0 Å². The maximum atomic E-state index is 14.3. The summed E-state index contributed by atoms with van der Waals surface area (Å²) in [5.41, 5.74) is 1.15. The molecule has 0 saturated heterocycles. The van der Waals surface area contributed by atoms with E-state index in [2.05, 4.69) is 6.58 Å². The number of hydrogen-bond acceptors (Lipinski definition) is 3. The van der Waals surface area contributed by atoms with E-state index in [0.717, 1.165) is 0 Å². The molecule has 4 nitrogen and oxygen atoms in total. The SMILES string of the molecule is C=CCN1C(=O)CC(c2ccccc2F)C(C(=O)OC(C)C)=C1C. The van der Waals surface area contributed by atoms with E-state index in [-0.39, 0.29) is 18.4 Å². The summed E-state index contributed by atoms with van der Waals surface area (Å²) in [5, 5.41) is 0. The van der Waals surface area contributed by atoms with Crippen molar-refractivity contribution in [3.8, 4) is 0 Å². The molecular formula is C19H22FNO3. The van der Waals surface area contributed by atoms with E-state index in [4.69, 9.17) is 4.74 Å². The average molecular weight is 331 g/mol. The summed E-state index contributed by atoms with van der Waals surface area (Å²) < 4.78 is 19.6. The molecule has 0 radical (unpaired) electrons. The maximum absolute atomic E-state index is 14.3. The summed E-state index contributed by atoms with van der Waals surface area (Å²) >= 11 is 0. The molecule has 24 heavy (non-hydrogen) atoms. The second-order valence-corrected chi connectivity index (χ2v) is 6.02. The van der Waals surface area contributed by atoms with Gasteiger partial charge in [-0.25, -0.2) is 9.18 Å². The maximum Gasteiger partial charge on any atom is 0.336 e. The topological polar surface area (TPSA) is 46.6 Å². The van der Waals surface area contributed by atoms with Crippen molar-refractivity contribution in [2.45, 2.75) is 39.2 Å². The van der Waals surface area contributed by atoms with Gasteiger partial charge in [-0.05, 0) is 32.4 Å². The summed E-state index contributed by atoms with van der Waals surface area (Å²) in [6.07, 6.45) is 1.31. The van der Waals surface area contributed by atoms with Crippen LogP contribution in [0.3, 0.4) is 0 Å². The molecule has 1 heterocycles. The molecule has 2 rings (SSSR count). The summed E-state index contributed by atoms with van der Waals surface area (Å²) in [5.74, 6) is -1.76. The van der Waals surface area contributed by atoms with Crippen LogP contribution in [0.25, 0.3) is 0 Å². The molecule has 1 unspecified atom stereocenters. The van der Waals surface area contributed by atoms with Crippen molar-refractivity contribution in [3.05, 3.63) is 59.6 Å². The third kappa shape index (κ3) is 3.55. The van der Waals surface area contributed by atoms with E-state index in [1.54, 1.807) is 45.0 Å². The molecule has 1 atom stereocenters. The first kappa shape index (κ1) is 17.9. The molecular weight excluding hydrogens is 309 g/mol. The standard InChI is InChI=1S/C19H22FNO3/c1-5-10-21-13(4)18(19(23)24-12(2)3)15(11-17(21)22)14-8-6-7-9-16(14)20/h5-9,12,15H,1,10-11H2,2-4H3. The third-order valence-electron chi connectivity index (χ3n) is 3.98. The monoisotopic (exact) mass is 331 g/mol. The molecule has 1 aromatic carbocycles. The average Bonchev–Trinajstić information content (AvgIpc) is 2.50. The number of carbonyl (C=O) groups excluding carboxylic acids is 2. The van der Waals surface area contributed by atoms with Gasteiger partial charge in [-0.1, -0.05) is 24.3 Å². The fourth-order valence-electron chi connectivity index (χ4n) is 2.93. The predicted molar refractivity (Wildman–Crippen MR) is 89.6 cm³/mol. The lowest BCUT2D eigenvalue weighted by Gasteiger charge is -2.34. The minimum atomic E-state index is -0.647. The summed E-state index contributed by atoms with van der Waals surface area (Å²) in [6, 6.07) is 6.21. The molecule has 0 aliphatic carbocycles. The first-order valence-electron chi connectivity index (χ1n) is 7.94. The van der Waals surface area contributed by atoms with Gasteiger partial charge in [0.05, 0.1) is 11.7 Å². The van der Waals surface area contributed by atoms with Crippen molar-refractivity contribution in [1.82, 2.24) is 4.90 Å². The van der Waals surface area contributed by atoms with E-state index in [0.29, 0.717) is 23.4 Å². The van der Waals surface area contributed by atoms with Crippen LogP contribution in [0.1, 0.15) is 38.7 Å². The summed E-state index contributed by atoms with van der Waals surface area (Å²) in [4.78, 5) is 26.5. The number of halogens is 1. The van der Waals surface area contributed by atoms with Gasteiger partial charge in [-0.15, -0.1) is 6.58 Å². The van der Waals surface area contributed by atoms with Gasteiger partial charge in [0, 0.05) is 24.6 Å². The fraction of sp³-hybridized carbons (Fsp3) is 0.368. The highest BCUT2D eigenvalue weighted by Gasteiger charge is 2.37. The van der Waals surface area contributed by atoms with Crippen molar-refractivity contribution < 1.29 is 18.7 Å². The molecule has 0 bridgehead atoms. The minimum absolute atomic E-state index is 0.0225. The molecule has 0 fully saturated rings. The van der Waals surface area contributed by atoms with Crippen LogP contribution < -0.4 is 0 Å². The van der Waals surface area contributed by atoms with Gasteiger partial charge in [0.2, 0.25) is 5.91 Å². The van der Waals surface area contributed by atoms with Gasteiger partial charge in [0.15, 0.2) is 0 Å². The molecule has 1 aliphatic rings. The molecule has 5 heteroatoms. The zero-order valence-electron chi connectivity index (χ0n) is 14.2. The quantitative estimate of drug-likeness (QED) is 0.612. The van der Waals surface area contributed by atoms with Gasteiger partial charge in [-0.3, -0.25) is 4.79 Å². The molecule has 0 N–H and O–H groups in total. The number of rotatable bonds is 5. The largest absolute Gasteiger partial charge is 0.460 e. The molecule has 0 aromatic heterocycles. The van der Waals surface area contributed by atoms with Crippen molar-refractivity contribution in [3.63, 3.8) is 0 Å². The number of hydrogen-bond donors (Lipinski definition) is 0. The summed E-state index contributed by atoms with van der Waals surface area (Å²) in [6.45, 7) is 9.13. The number of ether oxygens (including phenoxy) is 1. The second-order valence-electron chi connectivity index (χ2n) is 6.02. The van der Waals surface area contributed by atoms with Crippen LogP contribution in [-0.4, -0.2) is 29.4 Å². The van der Waals surface area contributed by atoms with E-state index in [9.17, 15) is 14.0 Å². The normalized spacial score (nSPS) is 18.1. The van der Waals surface area contributed by atoms with E-state index < -0.39 is 17.7 Å². The summed E-state index contributed by atoms with van der Waals surface area (Å²) in [7, 11) is 0. The van der Waals surface area contributed by atoms with Gasteiger partial charge in [0.25, 0.3) is 0 Å². The zero-order chi connectivity index (χ0) is 17.9. The van der Waals surface area contributed by atoms with Crippen LogP contribution in [0, 0.1) is 5.82 Å². The fourth-order valence-corrected chi connectivity index (χ4v) is 2.93. The number of benzene rings is 1. The van der Waals surface area contributed by atoms with Crippen molar-refractivity contribution in [2.24, 2.45) is 0 Å². The smallest absolute Gasteiger partial charge is 0.336 e. The Labute approximate surface area is 141 Å². The Morgan fingerprint density at radius 3 is 2.71 bits per heavy atom. The first-order chi connectivity index (χ1) is 11.4. The highest BCUT2D eigenvalue weighted by Crippen LogP contribution is 2.38. The predicted octanol–water partition coefficient (Wildman–Crippen LogP) is 3.55. The highest BCUT2D eigenvalue weighted by atomic mass is 19.1. The molecule has 1 amide bonds. The highest BCUT2D eigenvalue weighted by molar-refractivity contribution is 5.96. The Balaban J connectivity index is 2.56. The Bertz CT molecular complexity index is 694. The molecule has 1 aromatic rings. The third-order valence-corrected chi connectivity index (χ3v) is 3.98. The Morgan fingerprint density at radius 2 is 2.12 bits per heavy atom. The van der Waals surface area contributed by atoms with Gasteiger partial charge >= 0.3 is 5.97 Å². The number of carbonyl (C=O) groups is 2. The second kappa shape index (κ2) is 7.43. The lowest BCUT2D eigenvalue weighted by atomic mass is 9.83. The van der Waals surface area contributed by atoms with Crippen LogP contribution in [0.15, 0.2) is 48.2 Å². The van der Waals surface area contributed by atoms with Crippen LogP contribution >= 0.6 is 0 Å². The molecule has 128 valence electrons. The van der Waals surface area contributed by atoms with Gasteiger partial charge in [-0.2, -0.15) is 0 Å². The first-order valence-corrected chi connectivity index (χ1v) is 7.94. The van der Waals surface area contributed by atoms with E-state index in [1.165, 1.54) is 11.0 Å². The number of allylic oxidation sites excluding steroid dienone is 1. The number of esters is 1. The van der Waals surface area contributed by atoms with Crippen molar-refractivity contribution in [1.29, 1.82) is 0 Å². The van der Waals surface area contributed by atoms with Crippen LogP contribution in [0.4, 0.5) is 4.39 Å². The Morgan fingerprint density at radius 1 is 1.46 bits per heavy atom. The number of nitrogens with zero attached hydrogens (tertiary/aromatic N) is 1. The molecule has 0 spiro atoms. The molecule has 0 saturated carbocycles. The number of amides is 1. The lowest BCUT2D eigenvalue weighted by molar-refractivity contribution is -0.143. The minimum Gasteiger partial charge on any atom is -0.460 e. The van der Waals surface area contributed by atoms with Crippen LogP contribution in [-0.2, 0) is 14.3 Å². The Kier molecular flexibility index (Phi) is 5.54. The van der Waals surface area contributed by atoms with Crippen molar-refractivity contribution in [2.75, 3.05) is 6.54 Å². The zero-order valence-corrected chi connectivity index (χ0v) is 14.2. The lowest BCUT2D eigenvalue weighted by Crippen LogP contribution is -2.39. The van der Waals surface area contributed by atoms with E-state index in [1.807, 2.05) is 0 Å². The van der Waals surface area contributed by atoms with Gasteiger partial charge in [0.1, 0.15) is 5.82 Å².